The van der Waals surface area contributed by atoms with E-state index < -0.39 is 0 Å². The van der Waals surface area contributed by atoms with Gasteiger partial charge in [-0.25, -0.2) is 0 Å². The molecule has 2 aromatic carbocycles. The van der Waals surface area contributed by atoms with E-state index in [2.05, 4.69) is 77.1 Å². The van der Waals surface area contributed by atoms with Gasteiger partial charge in [0, 0.05) is 16.4 Å². The molecular weight excluding hydrogens is 312 g/mol. The van der Waals surface area contributed by atoms with Gasteiger partial charge >= 0.3 is 0 Å². The van der Waals surface area contributed by atoms with Crippen molar-refractivity contribution in [3.63, 3.8) is 0 Å². The fourth-order valence-corrected chi connectivity index (χ4v) is 4.87. The van der Waals surface area contributed by atoms with Crippen molar-refractivity contribution in [1.82, 2.24) is 0 Å². The molecule has 0 amide bonds. The SMILES string of the molecule is c1ccc(N2N=C3c4ccccc4CCC3C2c2cccs2)cc1. The van der Waals surface area contributed by atoms with Crippen molar-refractivity contribution in [1.29, 1.82) is 0 Å². The summed E-state index contributed by atoms with van der Waals surface area (Å²) in [6.07, 6.45) is 2.31. The van der Waals surface area contributed by atoms with Crippen molar-refractivity contribution in [2.24, 2.45) is 11.0 Å². The number of aryl methyl sites for hydroxylation is 1. The zero-order valence-electron chi connectivity index (χ0n) is 13.3. The van der Waals surface area contributed by atoms with Crippen LogP contribution in [0.2, 0.25) is 0 Å². The predicted octanol–water partition coefficient (Wildman–Crippen LogP) is 5.28. The summed E-state index contributed by atoms with van der Waals surface area (Å²) >= 11 is 1.84. The number of rotatable bonds is 2. The van der Waals surface area contributed by atoms with Crippen LogP contribution in [-0.4, -0.2) is 5.71 Å². The second-order valence-corrected chi connectivity index (χ2v) is 7.41. The average Bonchev–Trinajstić information content (AvgIpc) is 3.29. The lowest BCUT2D eigenvalue weighted by atomic mass is 9.79. The van der Waals surface area contributed by atoms with E-state index in [-0.39, 0.29) is 0 Å². The van der Waals surface area contributed by atoms with Gasteiger partial charge in [-0.1, -0.05) is 48.5 Å². The average molecular weight is 330 g/mol. The second kappa shape index (κ2) is 5.60. The highest BCUT2D eigenvalue weighted by Gasteiger charge is 2.42. The van der Waals surface area contributed by atoms with E-state index in [0.717, 1.165) is 6.42 Å². The molecule has 24 heavy (non-hydrogen) atoms. The van der Waals surface area contributed by atoms with Crippen molar-refractivity contribution in [3.05, 3.63) is 88.1 Å². The van der Waals surface area contributed by atoms with Crippen LogP contribution < -0.4 is 5.01 Å². The van der Waals surface area contributed by atoms with Crippen LogP contribution in [0.15, 0.2) is 77.2 Å². The smallest absolute Gasteiger partial charge is 0.0951 e. The number of anilines is 1. The minimum atomic E-state index is 0.316. The van der Waals surface area contributed by atoms with Crippen LogP contribution in [-0.2, 0) is 6.42 Å². The molecule has 5 rings (SSSR count). The van der Waals surface area contributed by atoms with Crippen molar-refractivity contribution in [2.45, 2.75) is 18.9 Å². The summed E-state index contributed by atoms with van der Waals surface area (Å²) in [5.41, 5.74) is 5.22. The molecule has 0 saturated heterocycles. The van der Waals surface area contributed by atoms with E-state index in [1.807, 2.05) is 11.3 Å². The third-order valence-corrected chi connectivity index (χ3v) is 6.03. The number of para-hydroxylation sites is 1. The summed E-state index contributed by atoms with van der Waals surface area (Å²) in [6.45, 7) is 0. The summed E-state index contributed by atoms with van der Waals surface area (Å²) in [5.74, 6) is 0.471. The van der Waals surface area contributed by atoms with Gasteiger partial charge in [0.05, 0.1) is 17.4 Å². The number of hydrazone groups is 1. The minimum Gasteiger partial charge on any atom is -0.256 e. The van der Waals surface area contributed by atoms with Crippen LogP contribution in [0.3, 0.4) is 0 Å². The third-order valence-electron chi connectivity index (χ3n) is 5.08. The highest BCUT2D eigenvalue weighted by atomic mass is 32.1. The highest BCUT2D eigenvalue weighted by molar-refractivity contribution is 7.10. The Hall–Kier alpha value is -2.39. The molecule has 0 bridgehead atoms. The lowest BCUT2D eigenvalue weighted by molar-refractivity contribution is 0.516. The molecule has 0 N–H and O–H groups in total. The van der Waals surface area contributed by atoms with Gasteiger partial charge in [-0.05, 0) is 42.0 Å². The van der Waals surface area contributed by atoms with Crippen LogP contribution in [0.5, 0.6) is 0 Å². The molecule has 2 unspecified atom stereocenters. The lowest BCUT2D eigenvalue weighted by Crippen LogP contribution is -2.28. The molecule has 0 radical (unpaired) electrons. The minimum absolute atomic E-state index is 0.316. The first-order valence-corrected chi connectivity index (χ1v) is 9.34. The molecule has 0 spiro atoms. The first-order valence-electron chi connectivity index (χ1n) is 8.46. The van der Waals surface area contributed by atoms with Crippen LogP contribution in [0, 0.1) is 5.92 Å². The van der Waals surface area contributed by atoms with Gasteiger partial charge < -0.3 is 0 Å². The Labute approximate surface area is 146 Å². The molecular formula is C21H18N2S. The second-order valence-electron chi connectivity index (χ2n) is 6.43. The summed E-state index contributed by atoms with van der Waals surface area (Å²) < 4.78 is 0. The maximum absolute atomic E-state index is 5.12. The van der Waals surface area contributed by atoms with Gasteiger partial charge in [0.15, 0.2) is 0 Å². The van der Waals surface area contributed by atoms with Crippen molar-refractivity contribution >= 4 is 22.7 Å². The molecule has 0 saturated carbocycles. The first-order chi connectivity index (χ1) is 11.9. The number of thiophene rings is 1. The standard InChI is InChI=1S/C21H18N2S/c1-2-8-16(9-3-1)23-21(19-11-6-14-24-19)18-13-12-15-7-4-5-10-17(15)20(18)22-23/h1-11,14,18,21H,12-13H2. The van der Waals surface area contributed by atoms with Gasteiger partial charge in [0.25, 0.3) is 0 Å². The molecule has 3 heteroatoms. The first kappa shape index (κ1) is 14.0. The molecule has 1 aliphatic carbocycles. The largest absolute Gasteiger partial charge is 0.256 e. The van der Waals surface area contributed by atoms with Gasteiger partial charge in [-0.2, -0.15) is 5.10 Å². The van der Waals surface area contributed by atoms with Crippen molar-refractivity contribution < 1.29 is 0 Å². The summed E-state index contributed by atoms with van der Waals surface area (Å²) in [4.78, 5) is 1.40. The van der Waals surface area contributed by atoms with E-state index in [0.29, 0.717) is 12.0 Å². The molecule has 2 heterocycles. The fourth-order valence-electron chi connectivity index (χ4n) is 4.00. The van der Waals surface area contributed by atoms with E-state index in [1.54, 1.807) is 0 Å². The highest BCUT2D eigenvalue weighted by Crippen LogP contribution is 2.46. The Morgan fingerprint density at radius 2 is 1.75 bits per heavy atom. The van der Waals surface area contributed by atoms with E-state index in [1.165, 1.54) is 33.8 Å². The molecule has 118 valence electrons. The normalized spacial score (nSPS) is 22.0. The molecule has 1 aromatic heterocycles. The topological polar surface area (TPSA) is 15.6 Å². The zero-order chi connectivity index (χ0) is 15.9. The molecule has 3 aromatic rings. The van der Waals surface area contributed by atoms with E-state index in [4.69, 9.17) is 5.10 Å². The Kier molecular flexibility index (Phi) is 3.27. The number of fused-ring (bicyclic) bond motifs is 3. The predicted molar refractivity (Wildman–Crippen MR) is 101 cm³/mol. The monoisotopic (exact) mass is 330 g/mol. The van der Waals surface area contributed by atoms with E-state index >= 15 is 0 Å². The maximum atomic E-state index is 5.12. The van der Waals surface area contributed by atoms with Crippen LogP contribution in [0.1, 0.15) is 28.5 Å². The Morgan fingerprint density at radius 3 is 2.58 bits per heavy atom. The van der Waals surface area contributed by atoms with Crippen LogP contribution >= 0.6 is 11.3 Å². The fraction of sp³-hybridized carbons (Fsp3) is 0.190. The van der Waals surface area contributed by atoms with E-state index in [9.17, 15) is 0 Å². The van der Waals surface area contributed by atoms with Gasteiger partial charge in [-0.3, -0.25) is 5.01 Å². The number of nitrogens with zero attached hydrogens (tertiary/aromatic N) is 2. The Balaban J connectivity index is 1.66. The molecule has 2 atom stereocenters. The number of hydrogen-bond acceptors (Lipinski definition) is 3. The summed E-state index contributed by atoms with van der Waals surface area (Å²) in [7, 11) is 0. The van der Waals surface area contributed by atoms with Gasteiger partial charge in [0.1, 0.15) is 0 Å². The quantitative estimate of drug-likeness (QED) is 0.624. The number of benzene rings is 2. The third kappa shape index (κ3) is 2.12. The van der Waals surface area contributed by atoms with Crippen LogP contribution in [0.4, 0.5) is 5.69 Å². The summed E-state index contributed by atoms with van der Waals surface area (Å²) in [6, 6.07) is 24.1. The zero-order valence-corrected chi connectivity index (χ0v) is 14.1. The van der Waals surface area contributed by atoms with Gasteiger partial charge in [-0.15, -0.1) is 11.3 Å². The van der Waals surface area contributed by atoms with Crippen molar-refractivity contribution in [3.8, 4) is 0 Å². The maximum Gasteiger partial charge on any atom is 0.0951 e. The molecule has 0 fully saturated rings. The van der Waals surface area contributed by atoms with Gasteiger partial charge in [0.2, 0.25) is 0 Å². The summed E-state index contributed by atoms with van der Waals surface area (Å²) in [5, 5.41) is 9.53. The molecule has 2 nitrogen and oxygen atoms in total. The molecule has 1 aliphatic heterocycles. The Morgan fingerprint density at radius 1 is 0.917 bits per heavy atom. The number of hydrogen-bond donors (Lipinski definition) is 0. The van der Waals surface area contributed by atoms with Crippen molar-refractivity contribution in [2.75, 3.05) is 5.01 Å². The Bertz CT molecular complexity index is 883. The van der Waals surface area contributed by atoms with Crippen LogP contribution in [0.25, 0.3) is 0 Å². The molecule has 2 aliphatic rings. The lowest BCUT2D eigenvalue weighted by Gasteiger charge is -2.29.